The van der Waals surface area contributed by atoms with Crippen LogP contribution in [-0.2, 0) is 20.9 Å². The second-order valence-electron chi connectivity index (χ2n) is 10.5. The van der Waals surface area contributed by atoms with Gasteiger partial charge in [-0.1, -0.05) is 19.3 Å². The predicted octanol–water partition coefficient (Wildman–Crippen LogP) is 2.52. The Morgan fingerprint density at radius 2 is 1.64 bits per heavy atom. The van der Waals surface area contributed by atoms with Crippen molar-refractivity contribution in [3.63, 3.8) is 0 Å². The van der Waals surface area contributed by atoms with Crippen LogP contribution in [-0.4, -0.2) is 91.1 Å². The Morgan fingerprint density at radius 3 is 2.28 bits per heavy atom. The van der Waals surface area contributed by atoms with E-state index >= 15 is 0 Å². The first-order valence-electron chi connectivity index (χ1n) is 13.8. The highest BCUT2D eigenvalue weighted by Gasteiger charge is 2.36. The quantitative estimate of drug-likeness (QED) is 0.503. The van der Waals surface area contributed by atoms with E-state index in [9.17, 15) is 23.2 Å². The molecule has 0 radical (unpaired) electrons. The number of hydrogen-bond donors (Lipinski definition) is 2. The average Bonchev–Trinajstić information content (AvgIpc) is 3.30. The van der Waals surface area contributed by atoms with Gasteiger partial charge in [0.2, 0.25) is 11.8 Å². The van der Waals surface area contributed by atoms with Crippen LogP contribution in [0.15, 0.2) is 18.2 Å². The van der Waals surface area contributed by atoms with E-state index in [1.54, 1.807) is 34.4 Å². The minimum Gasteiger partial charge on any atom is -0.383 e. The summed E-state index contributed by atoms with van der Waals surface area (Å²) in [6, 6.07) is 2.77. The van der Waals surface area contributed by atoms with E-state index in [1.807, 2.05) is 0 Å². The Morgan fingerprint density at radius 1 is 1.00 bits per heavy atom. The first-order chi connectivity index (χ1) is 18.7. The molecule has 3 amide bonds. The largest absolute Gasteiger partial charge is 0.383 e. The number of benzene rings is 1. The fourth-order valence-electron chi connectivity index (χ4n) is 5.60. The molecule has 1 unspecified atom stereocenters. The van der Waals surface area contributed by atoms with Crippen LogP contribution in [0.1, 0.15) is 49.5 Å². The van der Waals surface area contributed by atoms with Gasteiger partial charge in [-0.25, -0.2) is 8.78 Å². The first kappa shape index (κ1) is 28.9. The standard InChI is InChI=1S/C28H39F2N5O4/c1-18(31-2)26(36)32-25(19-7-5-4-6-8-19)28(38)34-11-9-33(10-12-34)27(37)24-16-20-15-21(29)22(30)17-23(20)35(24)13-14-39-3/h15-19,25,31H,4-14H2,1-3H3,(H,32,36)/t18?,25-/m0/s1. The normalized spacial score (nSPS) is 18.3. The molecule has 2 heterocycles. The van der Waals surface area contributed by atoms with Crippen LogP contribution >= 0.6 is 0 Å². The zero-order chi connectivity index (χ0) is 28.1. The molecule has 2 N–H and O–H groups in total. The second kappa shape index (κ2) is 12.9. The van der Waals surface area contributed by atoms with E-state index in [4.69, 9.17) is 4.74 Å². The number of amides is 3. The third-order valence-corrected chi connectivity index (χ3v) is 8.07. The highest BCUT2D eigenvalue weighted by molar-refractivity contribution is 5.99. The summed E-state index contributed by atoms with van der Waals surface area (Å²) >= 11 is 0. The smallest absolute Gasteiger partial charge is 0.270 e. The van der Waals surface area contributed by atoms with E-state index in [0.29, 0.717) is 55.9 Å². The van der Waals surface area contributed by atoms with Crippen LogP contribution in [0.5, 0.6) is 0 Å². The van der Waals surface area contributed by atoms with Crippen molar-refractivity contribution in [2.75, 3.05) is 46.9 Å². The van der Waals surface area contributed by atoms with Gasteiger partial charge in [0.15, 0.2) is 11.6 Å². The SMILES string of the molecule is CNC(C)C(=O)N[C@H](C(=O)N1CCN(C(=O)c2cc3cc(F)c(F)cc3n2CCOC)CC1)C1CCCCC1. The number of likely N-dealkylation sites (N-methyl/N-ethyl adjacent to an activating group) is 1. The summed E-state index contributed by atoms with van der Waals surface area (Å²) < 4.78 is 34.7. The van der Waals surface area contributed by atoms with Crippen molar-refractivity contribution in [1.29, 1.82) is 0 Å². The summed E-state index contributed by atoms with van der Waals surface area (Å²) in [5.41, 5.74) is 0.741. The number of nitrogens with one attached hydrogen (secondary N) is 2. The molecule has 2 aliphatic rings. The van der Waals surface area contributed by atoms with E-state index < -0.39 is 23.7 Å². The minimum absolute atomic E-state index is 0.0937. The van der Waals surface area contributed by atoms with Crippen molar-refractivity contribution >= 4 is 28.6 Å². The molecule has 1 aliphatic carbocycles. The van der Waals surface area contributed by atoms with Gasteiger partial charge in [-0.3, -0.25) is 14.4 Å². The van der Waals surface area contributed by atoms with Crippen molar-refractivity contribution in [2.24, 2.45) is 5.92 Å². The van der Waals surface area contributed by atoms with Crippen LogP contribution in [0.25, 0.3) is 10.9 Å². The lowest BCUT2D eigenvalue weighted by molar-refractivity contribution is -0.140. The Bertz CT molecular complexity index is 1190. The molecule has 4 rings (SSSR count). The zero-order valence-electron chi connectivity index (χ0n) is 23.0. The van der Waals surface area contributed by atoms with Crippen LogP contribution in [0.4, 0.5) is 8.78 Å². The molecule has 0 bridgehead atoms. The number of nitrogens with zero attached hydrogens (tertiary/aromatic N) is 3. The van der Waals surface area contributed by atoms with Crippen LogP contribution in [0.2, 0.25) is 0 Å². The van der Waals surface area contributed by atoms with Gasteiger partial charge in [0.1, 0.15) is 11.7 Å². The topological polar surface area (TPSA) is 95.9 Å². The number of ether oxygens (including phenoxy) is 1. The lowest BCUT2D eigenvalue weighted by Gasteiger charge is -2.39. The van der Waals surface area contributed by atoms with Crippen LogP contribution in [0.3, 0.4) is 0 Å². The maximum Gasteiger partial charge on any atom is 0.270 e. The van der Waals surface area contributed by atoms with Gasteiger partial charge in [0.05, 0.1) is 18.2 Å². The van der Waals surface area contributed by atoms with Gasteiger partial charge in [0, 0.05) is 51.3 Å². The van der Waals surface area contributed by atoms with Gasteiger partial charge in [-0.2, -0.15) is 0 Å². The summed E-state index contributed by atoms with van der Waals surface area (Å²) in [6.07, 6.45) is 5.02. The van der Waals surface area contributed by atoms with Crippen molar-refractivity contribution in [3.05, 3.63) is 35.5 Å². The number of piperazine rings is 1. The summed E-state index contributed by atoms with van der Waals surface area (Å²) in [6.45, 7) is 3.68. The molecule has 1 aromatic carbocycles. The second-order valence-corrected chi connectivity index (χ2v) is 10.5. The average molecular weight is 548 g/mol. The lowest BCUT2D eigenvalue weighted by atomic mass is 9.83. The molecule has 0 spiro atoms. The molecular formula is C28H39F2N5O4. The molecule has 2 atom stereocenters. The van der Waals surface area contributed by atoms with Crippen LogP contribution in [0, 0.1) is 17.6 Å². The molecule has 39 heavy (non-hydrogen) atoms. The van der Waals surface area contributed by atoms with E-state index in [0.717, 1.165) is 44.2 Å². The van der Waals surface area contributed by atoms with Crippen molar-refractivity contribution in [1.82, 2.24) is 25.0 Å². The molecule has 11 heteroatoms. The highest BCUT2D eigenvalue weighted by atomic mass is 19.2. The van der Waals surface area contributed by atoms with Gasteiger partial charge in [0.25, 0.3) is 5.91 Å². The van der Waals surface area contributed by atoms with Crippen molar-refractivity contribution < 1.29 is 27.9 Å². The molecule has 1 saturated heterocycles. The summed E-state index contributed by atoms with van der Waals surface area (Å²) in [7, 11) is 3.24. The monoisotopic (exact) mass is 547 g/mol. The zero-order valence-corrected chi connectivity index (χ0v) is 23.0. The summed E-state index contributed by atoms with van der Waals surface area (Å²) in [5.74, 6) is -2.43. The Balaban J connectivity index is 1.48. The number of halogens is 2. The molecular weight excluding hydrogens is 508 g/mol. The Hall–Kier alpha value is -3.05. The lowest BCUT2D eigenvalue weighted by Crippen LogP contribution is -2.59. The minimum atomic E-state index is -0.978. The number of carbonyl (C=O) groups is 3. The number of fused-ring (bicyclic) bond motifs is 1. The van der Waals surface area contributed by atoms with Gasteiger partial charge in [-0.05, 0) is 44.9 Å². The number of methoxy groups -OCH3 is 1. The molecule has 214 valence electrons. The summed E-state index contributed by atoms with van der Waals surface area (Å²) in [4.78, 5) is 43.3. The number of aromatic nitrogens is 1. The number of hydrogen-bond acceptors (Lipinski definition) is 5. The molecule has 1 aromatic heterocycles. The van der Waals surface area contributed by atoms with Crippen molar-refractivity contribution in [3.8, 4) is 0 Å². The maximum absolute atomic E-state index is 14.0. The predicted molar refractivity (Wildman–Crippen MR) is 143 cm³/mol. The third kappa shape index (κ3) is 6.41. The number of rotatable bonds is 9. The molecule has 2 fully saturated rings. The molecule has 1 saturated carbocycles. The van der Waals surface area contributed by atoms with E-state index in [1.165, 1.54) is 7.11 Å². The van der Waals surface area contributed by atoms with Gasteiger partial charge >= 0.3 is 0 Å². The van der Waals surface area contributed by atoms with E-state index in [-0.39, 0.29) is 23.6 Å². The van der Waals surface area contributed by atoms with Crippen molar-refractivity contribution in [2.45, 2.75) is 57.7 Å². The number of carbonyl (C=O) groups excluding carboxylic acids is 3. The Kier molecular flexibility index (Phi) is 9.55. The Labute approximate surface area is 227 Å². The van der Waals surface area contributed by atoms with E-state index in [2.05, 4.69) is 10.6 Å². The third-order valence-electron chi connectivity index (χ3n) is 8.07. The first-order valence-corrected chi connectivity index (χ1v) is 13.8. The summed E-state index contributed by atoms with van der Waals surface area (Å²) in [5, 5.41) is 6.36. The van der Waals surface area contributed by atoms with Gasteiger partial charge < -0.3 is 29.7 Å². The molecule has 2 aromatic rings. The maximum atomic E-state index is 14.0. The molecule has 9 nitrogen and oxygen atoms in total. The van der Waals surface area contributed by atoms with Gasteiger partial charge in [-0.15, -0.1) is 0 Å². The van der Waals surface area contributed by atoms with Crippen LogP contribution < -0.4 is 10.6 Å². The fourth-order valence-corrected chi connectivity index (χ4v) is 5.60. The molecule has 1 aliphatic heterocycles. The highest BCUT2D eigenvalue weighted by Crippen LogP contribution is 2.28. The fraction of sp³-hybridized carbons (Fsp3) is 0.607.